The first-order valence-electron chi connectivity index (χ1n) is 4.65. The second-order valence-corrected chi connectivity index (χ2v) is 3.13. The van der Waals surface area contributed by atoms with Gasteiger partial charge in [0.25, 0.3) is 0 Å². The topological polar surface area (TPSA) is 64.8 Å². The third-order valence-electron chi connectivity index (χ3n) is 2.05. The van der Waals surface area contributed by atoms with Gasteiger partial charge in [0.2, 0.25) is 5.91 Å². The summed E-state index contributed by atoms with van der Waals surface area (Å²) in [6.45, 7) is 3.38. The van der Waals surface area contributed by atoms with E-state index in [4.69, 9.17) is 15.2 Å². The fourth-order valence-corrected chi connectivity index (χ4v) is 0.807. The Bertz CT molecular complexity index is 164. The highest BCUT2D eigenvalue weighted by Gasteiger charge is 2.13. The van der Waals surface area contributed by atoms with Crippen LogP contribution in [0.3, 0.4) is 0 Å². The number of methoxy groups -OCH3 is 1. The Labute approximate surface area is 85.1 Å². The van der Waals surface area contributed by atoms with Gasteiger partial charge in [0.1, 0.15) is 6.61 Å². The van der Waals surface area contributed by atoms with Gasteiger partial charge in [-0.3, -0.25) is 4.79 Å². The maximum atomic E-state index is 11.4. The number of carbonyl (C=O) groups is 1. The third-order valence-corrected chi connectivity index (χ3v) is 2.05. The second kappa shape index (κ2) is 7.73. The zero-order chi connectivity index (χ0) is 11.0. The Morgan fingerprint density at radius 2 is 2.14 bits per heavy atom. The molecular formula is C9H20N2O3. The normalized spacial score (nSPS) is 12.6. The monoisotopic (exact) mass is 204 g/mol. The van der Waals surface area contributed by atoms with Gasteiger partial charge < -0.3 is 20.1 Å². The molecule has 0 saturated carbocycles. The van der Waals surface area contributed by atoms with Crippen LogP contribution in [-0.4, -0.2) is 57.4 Å². The molecule has 0 aliphatic carbocycles. The first-order valence-corrected chi connectivity index (χ1v) is 4.65. The smallest absolute Gasteiger partial charge is 0.248 e. The molecule has 0 aliphatic heterocycles. The van der Waals surface area contributed by atoms with Crippen LogP contribution >= 0.6 is 0 Å². The largest absolute Gasteiger partial charge is 0.382 e. The number of nitrogens with zero attached hydrogens (tertiary/aromatic N) is 1. The summed E-state index contributed by atoms with van der Waals surface area (Å²) in [5, 5.41) is 0. The van der Waals surface area contributed by atoms with Crippen LogP contribution < -0.4 is 5.73 Å². The van der Waals surface area contributed by atoms with Crippen LogP contribution in [0.2, 0.25) is 0 Å². The fourth-order valence-electron chi connectivity index (χ4n) is 0.807. The Hall–Kier alpha value is -0.650. The molecule has 14 heavy (non-hydrogen) atoms. The number of hydrogen-bond acceptors (Lipinski definition) is 4. The summed E-state index contributed by atoms with van der Waals surface area (Å²) >= 11 is 0. The molecular weight excluding hydrogens is 184 g/mol. The Morgan fingerprint density at radius 3 is 2.64 bits per heavy atom. The van der Waals surface area contributed by atoms with Gasteiger partial charge in [-0.05, 0) is 6.92 Å². The van der Waals surface area contributed by atoms with Crippen molar-refractivity contribution in [2.75, 3.05) is 40.5 Å². The number of ether oxygens (including phenoxy) is 2. The Morgan fingerprint density at radius 1 is 1.50 bits per heavy atom. The number of likely N-dealkylation sites (N-methyl/N-ethyl adjacent to an activating group) is 1. The summed E-state index contributed by atoms with van der Waals surface area (Å²) in [5.74, 6) is -0.0564. The van der Waals surface area contributed by atoms with Crippen molar-refractivity contribution in [3.05, 3.63) is 0 Å². The zero-order valence-electron chi connectivity index (χ0n) is 9.16. The summed E-state index contributed by atoms with van der Waals surface area (Å²) < 4.78 is 9.88. The van der Waals surface area contributed by atoms with Crippen LogP contribution in [0.1, 0.15) is 6.92 Å². The minimum atomic E-state index is -0.0564. The van der Waals surface area contributed by atoms with Gasteiger partial charge in [-0.2, -0.15) is 0 Å². The molecule has 0 aromatic heterocycles. The zero-order valence-corrected chi connectivity index (χ0v) is 9.16. The van der Waals surface area contributed by atoms with Crippen LogP contribution in [0.5, 0.6) is 0 Å². The van der Waals surface area contributed by atoms with Crippen molar-refractivity contribution < 1.29 is 14.3 Å². The van der Waals surface area contributed by atoms with Crippen LogP contribution in [-0.2, 0) is 14.3 Å². The SMILES string of the molecule is COCCOCC(=O)N(C)C(C)CN. The lowest BCUT2D eigenvalue weighted by Gasteiger charge is -2.23. The quantitative estimate of drug-likeness (QED) is 0.565. The van der Waals surface area contributed by atoms with E-state index in [2.05, 4.69) is 0 Å². The lowest BCUT2D eigenvalue weighted by molar-refractivity contribution is -0.136. The van der Waals surface area contributed by atoms with Crippen molar-refractivity contribution in [2.45, 2.75) is 13.0 Å². The molecule has 0 fully saturated rings. The van der Waals surface area contributed by atoms with Crippen molar-refractivity contribution in [1.29, 1.82) is 0 Å². The van der Waals surface area contributed by atoms with Gasteiger partial charge in [0, 0.05) is 26.7 Å². The number of hydrogen-bond donors (Lipinski definition) is 1. The average molecular weight is 204 g/mol. The van der Waals surface area contributed by atoms with E-state index in [-0.39, 0.29) is 18.6 Å². The fraction of sp³-hybridized carbons (Fsp3) is 0.889. The summed E-state index contributed by atoms with van der Waals surface area (Å²) in [4.78, 5) is 13.0. The maximum Gasteiger partial charge on any atom is 0.248 e. The molecule has 0 aromatic carbocycles. The molecule has 0 saturated heterocycles. The number of rotatable bonds is 7. The van der Waals surface area contributed by atoms with E-state index >= 15 is 0 Å². The summed E-state index contributed by atoms with van der Waals surface area (Å²) in [6, 6.07) is 0.0496. The standard InChI is InChI=1S/C9H20N2O3/c1-8(6-10)11(2)9(12)7-14-5-4-13-3/h8H,4-7,10H2,1-3H3. The first-order chi connectivity index (χ1) is 6.63. The van der Waals surface area contributed by atoms with Crippen LogP contribution in [0, 0.1) is 0 Å². The maximum absolute atomic E-state index is 11.4. The lowest BCUT2D eigenvalue weighted by Crippen LogP contribution is -2.41. The molecule has 84 valence electrons. The highest BCUT2D eigenvalue weighted by atomic mass is 16.5. The van der Waals surface area contributed by atoms with Crippen LogP contribution in [0.4, 0.5) is 0 Å². The summed E-state index contributed by atoms with van der Waals surface area (Å²) in [5.41, 5.74) is 5.43. The molecule has 1 unspecified atom stereocenters. The minimum absolute atomic E-state index is 0.0496. The molecule has 1 atom stereocenters. The molecule has 0 rings (SSSR count). The van der Waals surface area contributed by atoms with Crippen molar-refractivity contribution in [1.82, 2.24) is 4.90 Å². The number of amides is 1. The Balaban J connectivity index is 3.62. The molecule has 0 heterocycles. The van der Waals surface area contributed by atoms with Crippen molar-refractivity contribution in [3.63, 3.8) is 0 Å². The number of nitrogens with two attached hydrogens (primary N) is 1. The van der Waals surface area contributed by atoms with E-state index < -0.39 is 0 Å². The van der Waals surface area contributed by atoms with E-state index in [0.29, 0.717) is 19.8 Å². The van der Waals surface area contributed by atoms with E-state index in [1.165, 1.54) is 0 Å². The molecule has 5 heteroatoms. The molecule has 1 amide bonds. The van der Waals surface area contributed by atoms with Crippen molar-refractivity contribution in [2.24, 2.45) is 5.73 Å². The molecule has 0 radical (unpaired) electrons. The van der Waals surface area contributed by atoms with Gasteiger partial charge in [-0.25, -0.2) is 0 Å². The highest BCUT2D eigenvalue weighted by molar-refractivity contribution is 5.77. The van der Waals surface area contributed by atoms with Gasteiger partial charge in [-0.15, -0.1) is 0 Å². The predicted molar refractivity (Wildman–Crippen MR) is 54.0 cm³/mol. The first kappa shape index (κ1) is 13.4. The average Bonchev–Trinajstić information content (AvgIpc) is 2.21. The van der Waals surface area contributed by atoms with Crippen LogP contribution in [0.15, 0.2) is 0 Å². The lowest BCUT2D eigenvalue weighted by atomic mass is 10.3. The van der Waals surface area contributed by atoms with E-state index in [0.717, 1.165) is 0 Å². The van der Waals surface area contributed by atoms with E-state index in [1.807, 2.05) is 6.92 Å². The van der Waals surface area contributed by atoms with E-state index in [1.54, 1.807) is 19.1 Å². The summed E-state index contributed by atoms with van der Waals surface area (Å²) in [6.07, 6.45) is 0. The van der Waals surface area contributed by atoms with Crippen LogP contribution in [0.25, 0.3) is 0 Å². The molecule has 0 aromatic rings. The molecule has 0 aliphatic rings. The summed E-state index contributed by atoms with van der Waals surface area (Å²) in [7, 11) is 3.31. The predicted octanol–water partition coefficient (Wildman–Crippen LogP) is -0.545. The highest BCUT2D eigenvalue weighted by Crippen LogP contribution is 1.94. The van der Waals surface area contributed by atoms with Gasteiger partial charge in [0.15, 0.2) is 0 Å². The third kappa shape index (κ3) is 5.16. The second-order valence-electron chi connectivity index (χ2n) is 3.13. The molecule has 5 nitrogen and oxygen atoms in total. The van der Waals surface area contributed by atoms with Crippen molar-refractivity contribution in [3.8, 4) is 0 Å². The van der Waals surface area contributed by atoms with Gasteiger partial charge in [0.05, 0.1) is 13.2 Å². The minimum Gasteiger partial charge on any atom is -0.382 e. The van der Waals surface area contributed by atoms with E-state index in [9.17, 15) is 4.79 Å². The Kier molecular flexibility index (Phi) is 7.37. The molecule has 0 bridgehead atoms. The van der Waals surface area contributed by atoms with Gasteiger partial charge >= 0.3 is 0 Å². The molecule has 0 spiro atoms. The van der Waals surface area contributed by atoms with Crippen molar-refractivity contribution >= 4 is 5.91 Å². The molecule has 2 N–H and O–H groups in total. The number of carbonyl (C=O) groups excluding carboxylic acids is 1. The van der Waals surface area contributed by atoms with Gasteiger partial charge in [-0.1, -0.05) is 0 Å².